The van der Waals surface area contributed by atoms with Gasteiger partial charge in [-0.1, -0.05) is 82.6 Å². The van der Waals surface area contributed by atoms with Gasteiger partial charge in [-0.15, -0.1) is 0 Å². The molecule has 0 amide bonds. The normalized spacial score (nSPS) is 13.7. The third kappa shape index (κ3) is 7.40. The van der Waals surface area contributed by atoms with Crippen LogP contribution in [-0.2, 0) is 6.42 Å². The van der Waals surface area contributed by atoms with E-state index in [1.165, 1.54) is 63.1 Å². The summed E-state index contributed by atoms with van der Waals surface area (Å²) in [5.41, 5.74) is 6.19. The van der Waals surface area contributed by atoms with Gasteiger partial charge in [-0.25, -0.2) is 0 Å². The van der Waals surface area contributed by atoms with E-state index in [-0.39, 0.29) is 0 Å². The molecule has 0 aliphatic heterocycles. The monoisotopic (exact) mass is 449 g/mol. The molecule has 0 spiro atoms. The van der Waals surface area contributed by atoms with Gasteiger partial charge in [0.25, 0.3) is 0 Å². The summed E-state index contributed by atoms with van der Waals surface area (Å²) in [6, 6.07) is 18.3. The zero-order valence-electron chi connectivity index (χ0n) is 21.7. The lowest BCUT2D eigenvalue weighted by Crippen LogP contribution is -2.40. The van der Waals surface area contributed by atoms with Crippen LogP contribution in [0.25, 0.3) is 0 Å². The van der Waals surface area contributed by atoms with E-state index in [9.17, 15) is 0 Å². The molecule has 0 unspecified atom stereocenters. The second-order valence-electron chi connectivity index (χ2n) is 9.52. The average molecular weight is 450 g/mol. The van der Waals surface area contributed by atoms with Gasteiger partial charge >= 0.3 is 0 Å². The maximum absolute atomic E-state index is 2.72. The minimum absolute atomic E-state index is 0.561. The van der Waals surface area contributed by atoms with E-state index in [0.717, 1.165) is 32.6 Å². The number of hydrogen-bond donors (Lipinski definition) is 0. The molecule has 0 bridgehead atoms. The second kappa shape index (κ2) is 13.9. The smallest absolute Gasteiger partial charge is 0.0110 e. The average Bonchev–Trinajstić information content (AvgIpc) is 2.86. The van der Waals surface area contributed by atoms with Crippen molar-refractivity contribution in [2.45, 2.75) is 59.3 Å². The van der Waals surface area contributed by atoms with Gasteiger partial charge in [0, 0.05) is 32.1 Å². The summed E-state index contributed by atoms with van der Waals surface area (Å²) in [6.07, 6.45) is 4.93. The van der Waals surface area contributed by atoms with Crippen LogP contribution < -0.4 is 0 Å². The predicted molar refractivity (Wildman–Crippen MR) is 143 cm³/mol. The van der Waals surface area contributed by atoms with E-state index in [1.54, 1.807) is 11.1 Å². The Morgan fingerprint density at radius 3 is 1.52 bits per heavy atom. The van der Waals surface area contributed by atoms with Crippen molar-refractivity contribution in [2.24, 2.45) is 0 Å². The number of nitrogens with zero attached hydrogens (tertiary/aromatic N) is 3. The molecule has 2 aromatic rings. The highest BCUT2D eigenvalue weighted by molar-refractivity contribution is 5.48. The van der Waals surface area contributed by atoms with Gasteiger partial charge < -0.3 is 14.7 Å². The van der Waals surface area contributed by atoms with Gasteiger partial charge in [-0.05, 0) is 74.2 Å². The first-order valence-electron chi connectivity index (χ1n) is 13.5. The van der Waals surface area contributed by atoms with E-state index < -0.39 is 0 Å². The zero-order chi connectivity index (χ0) is 23.5. The summed E-state index contributed by atoms with van der Waals surface area (Å²) in [4.78, 5) is 7.83. The minimum atomic E-state index is 0.561. The van der Waals surface area contributed by atoms with Crippen molar-refractivity contribution >= 4 is 0 Å². The van der Waals surface area contributed by atoms with Crippen LogP contribution in [0, 0.1) is 0 Å². The first kappa shape index (κ1) is 25.9. The molecule has 33 heavy (non-hydrogen) atoms. The van der Waals surface area contributed by atoms with Crippen molar-refractivity contribution in [1.29, 1.82) is 0 Å². The fourth-order valence-corrected chi connectivity index (χ4v) is 5.42. The number of benzene rings is 2. The lowest BCUT2D eigenvalue weighted by Gasteiger charge is -2.30. The molecule has 0 saturated heterocycles. The van der Waals surface area contributed by atoms with E-state index in [2.05, 4.69) is 90.9 Å². The Morgan fingerprint density at radius 1 is 0.576 bits per heavy atom. The molecule has 3 nitrogen and oxygen atoms in total. The van der Waals surface area contributed by atoms with Crippen LogP contribution in [0.3, 0.4) is 0 Å². The third-order valence-electron chi connectivity index (χ3n) is 7.71. The van der Waals surface area contributed by atoms with Crippen LogP contribution in [0.4, 0.5) is 0 Å². The molecule has 0 radical (unpaired) electrons. The first-order valence-corrected chi connectivity index (χ1v) is 13.5. The van der Waals surface area contributed by atoms with E-state index in [0.29, 0.717) is 5.92 Å². The van der Waals surface area contributed by atoms with Crippen molar-refractivity contribution < 1.29 is 0 Å². The second-order valence-corrected chi connectivity index (χ2v) is 9.52. The zero-order valence-corrected chi connectivity index (χ0v) is 21.7. The van der Waals surface area contributed by atoms with Crippen molar-refractivity contribution in [3.05, 3.63) is 70.8 Å². The van der Waals surface area contributed by atoms with Crippen LogP contribution in [0.1, 0.15) is 75.1 Å². The fraction of sp³-hybridized carbons (Fsp3) is 0.600. The summed E-state index contributed by atoms with van der Waals surface area (Å²) < 4.78 is 0. The Bertz CT molecular complexity index is 748. The summed E-state index contributed by atoms with van der Waals surface area (Å²) in [5, 5.41) is 0. The number of unbranched alkanes of at least 4 members (excludes halogenated alkanes) is 1. The van der Waals surface area contributed by atoms with Crippen LogP contribution in [0.15, 0.2) is 48.5 Å². The number of rotatable bonds is 15. The molecule has 1 aliphatic carbocycles. The quantitative estimate of drug-likeness (QED) is 0.314. The Labute approximate surface area is 203 Å². The minimum Gasteiger partial charge on any atom is -0.303 e. The Kier molecular flexibility index (Phi) is 10.9. The SMILES string of the molecule is CCN(CC)CCN(CCCCC1c2ccccc2Cc2ccccc21)CCN(CC)CC. The highest BCUT2D eigenvalue weighted by Gasteiger charge is 2.24. The molecule has 3 heteroatoms. The van der Waals surface area contributed by atoms with Gasteiger partial charge in [0.05, 0.1) is 0 Å². The van der Waals surface area contributed by atoms with Crippen molar-refractivity contribution in [3.63, 3.8) is 0 Å². The van der Waals surface area contributed by atoms with Crippen LogP contribution in [-0.4, -0.2) is 73.6 Å². The van der Waals surface area contributed by atoms with Crippen molar-refractivity contribution in [1.82, 2.24) is 14.7 Å². The maximum atomic E-state index is 2.72. The molecule has 0 fully saturated rings. The lowest BCUT2D eigenvalue weighted by atomic mass is 9.76. The van der Waals surface area contributed by atoms with Crippen LogP contribution >= 0.6 is 0 Å². The lowest BCUT2D eigenvalue weighted by molar-refractivity contribution is 0.183. The van der Waals surface area contributed by atoms with Gasteiger partial charge in [0.15, 0.2) is 0 Å². The molecule has 2 aromatic carbocycles. The molecular weight excluding hydrogens is 402 g/mol. The third-order valence-corrected chi connectivity index (χ3v) is 7.71. The summed E-state index contributed by atoms with van der Waals surface area (Å²) in [6.45, 7) is 19.7. The molecule has 182 valence electrons. The first-order chi connectivity index (χ1) is 16.2. The highest BCUT2D eigenvalue weighted by Crippen LogP contribution is 2.39. The summed E-state index contributed by atoms with van der Waals surface area (Å²) in [7, 11) is 0. The van der Waals surface area contributed by atoms with Crippen LogP contribution in [0.2, 0.25) is 0 Å². The van der Waals surface area contributed by atoms with Gasteiger partial charge in [-0.3, -0.25) is 0 Å². The molecule has 3 rings (SSSR count). The van der Waals surface area contributed by atoms with Gasteiger partial charge in [0.2, 0.25) is 0 Å². The Hall–Kier alpha value is -1.68. The molecule has 1 aliphatic rings. The summed E-state index contributed by atoms with van der Waals surface area (Å²) in [5.74, 6) is 0.561. The van der Waals surface area contributed by atoms with Crippen molar-refractivity contribution in [3.8, 4) is 0 Å². The Morgan fingerprint density at radius 2 is 1.03 bits per heavy atom. The molecular formula is C30H47N3. The highest BCUT2D eigenvalue weighted by atomic mass is 15.2. The number of hydrogen-bond acceptors (Lipinski definition) is 3. The van der Waals surface area contributed by atoms with E-state index in [4.69, 9.17) is 0 Å². The molecule has 0 aromatic heterocycles. The topological polar surface area (TPSA) is 9.72 Å². The molecule has 0 atom stereocenters. The molecule has 0 N–H and O–H groups in total. The fourth-order valence-electron chi connectivity index (χ4n) is 5.42. The maximum Gasteiger partial charge on any atom is 0.0110 e. The summed E-state index contributed by atoms with van der Waals surface area (Å²) >= 11 is 0. The standard InChI is InChI=1S/C30H47N3/c1-5-31(6-2)21-23-33(24-22-32(7-3)8-4)20-14-13-19-30-28-17-11-9-15-26(28)25-27-16-10-12-18-29(27)30/h9-12,15-18,30H,5-8,13-14,19-25H2,1-4H3. The molecule has 0 heterocycles. The Balaban J connectivity index is 1.57. The largest absolute Gasteiger partial charge is 0.303 e. The van der Waals surface area contributed by atoms with Gasteiger partial charge in [0.1, 0.15) is 0 Å². The van der Waals surface area contributed by atoms with Crippen LogP contribution in [0.5, 0.6) is 0 Å². The number of fused-ring (bicyclic) bond motifs is 2. The van der Waals surface area contributed by atoms with Gasteiger partial charge in [-0.2, -0.15) is 0 Å². The molecule has 0 saturated carbocycles. The van der Waals surface area contributed by atoms with Crippen molar-refractivity contribution in [2.75, 3.05) is 58.9 Å². The number of likely N-dealkylation sites (N-methyl/N-ethyl adjacent to an activating group) is 2. The van der Waals surface area contributed by atoms with E-state index >= 15 is 0 Å². The predicted octanol–water partition coefficient (Wildman–Crippen LogP) is 5.88. The van der Waals surface area contributed by atoms with E-state index in [1.807, 2.05) is 0 Å².